The van der Waals surface area contributed by atoms with Crippen LogP contribution in [-0.2, 0) is 13.0 Å². The van der Waals surface area contributed by atoms with E-state index in [0.29, 0.717) is 18.8 Å². The van der Waals surface area contributed by atoms with Crippen molar-refractivity contribution >= 4 is 17.5 Å². The Hall–Kier alpha value is -2.47. The summed E-state index contributed by atoms with van der Waals surface area (Å²) >= 11 is 6.42. The highest BCUT2D eigenvalue weighted by atomic mass is 35.5. The second kappa shape index (κ2) is 11.1. The average molecular weight is 556 g/mol. The number of rotatable bonds is 8. The predicted octanol–water partition coefficient (Wildman–Crippen LogP) is 6.29. The molecule has 0 atom stereocenters. The molecule has 1 saturated carbocycles. The van der Waals surface area contributed by atoms with Crippen molar-refractivity contribution in [3.05, 3.63) is 34.5 Å². The number of nitrogens with zero attached hydrogens (tertiary/aromatic N) is 2. The minimum Gasteiger partial charge on any atom is -0.405 e. The van der Waals surface area contributed by atoms with Crippen LogP contribution in [0.5, 0.6) is 5.75 Å². The van der Waals surface area contributed by atoms with Gasteiger partial charge < -0.3 is 15.2 Å². The zero-order valence-corrected chi connectivity index (χ0v) is 21.0. The summed E-state index contributed by atoms with van der Waals surface area (Å²) in [7, 11) is 0. The second-order valence-corrected chi connectivity index (χ2v) is 9.79. The average Bonchev–Trinajstić information content (AvgIpc) is 3.13. The Morgan fingerprint density at radius 1 is 1.24 bits per heavy atom. The molecule has 6 nitrogen and oxygen atoms in total. The minimum atomic E-state index is -5.13. The number of benzene rings is 1. The number of aromatic nitrogens is 2. The number of hydrogen-bond acceptors (Lipinski definition) is 4. The van der Waals surface area contributed by atoms with Gasteiger partial charge in [-0.3, -0.25) is 9.48 Å². The predicted molar refractivity (Wildman–Crippen MR) is 124 cm³/mol. The molecule has 0 saturated heterocycles. The van der Waals surface area contributed by atoms with Crippen LogP contribution >= 0.6 is 11.6 Å². The maximum atomic E-state index is 13.2. The lowest BCUT2D eigenvalue weighted by Crippen LogP contribution is -2.45. The highest BCUT2D eigenvalue weighted by molar-refractivity contribution is 6.36. The number of halogens is 7. The maximum Gasteiger partial charge on any atom is 0.573 e. The lowest BCUT2D eigenvalue weighted by molar-refractivity contribution is -0.274. The molecule has 13 heteroatoms. The zero-order chi connectivity index (χ0) is 27.6. The van der Waals surface area contributed by atoms with Crippen LogP contribution in [-0.4, -0.2) is 45.5 Å². The van der Waals surface area contributed by atoms with Gasteiger partial charge in [-0.2, -0.15) is 18.3 Å². The van der Waals surface area contributed by atoms with Gasteiger partial charge in [0.05, 0.1) is 16.3 Å². The third-order valence-corrected chi connectivity index (χ3v) is 6.77. The van der Waals surface area contributed by atoms with Gasteiger partial charge in [0.25, 0.3) is 5.91 Å². The van der Waals surface area contributed by atoms with Crippen molar-refractivity contribution in [3.63, 3.8) is 0 Å². The first kappa shape index (κ1) is 29.1. The fourth-order valence-electron chi connectivity index (χ4n) is 4.29. The Morgan fingerprint density at radius 3 is 2.46 bits per heavy atom. The molecular formula is C24H28ClF6N3O3. The summed E-state index contributed by atoms with van der Waals surface area (Å²) in [6.45, 7) is 3.78. The third kappa shape index (κ3) is 7.76. The molecule has 3 rings (SSSR count). The molecule has 1 aromatic carbocycles. The van der Waals surface area contributed by atoms with Crippen molar-refractivity contribution in [2.45, 2.75) is 77.1 Å². The van der Waals surface area contributed by atoms with Crippen LogP contribution in [0, 0.1) is 5.92 Å². The zero-order valence-electron chi connectivity index (χ0n) is 20.3. The second-order valence-electron chi connectivity index (χ2n) is 9.41. The van der Waals surface area contributed by atoms with E-state index in [1.165, 1.54) is 10.7 Å². The van der Waals surface area contributed by atoms with E-state index in [2.05, 4.69) is 22.1 Å². The summed E-state index contributed by atoms with van der Waals surface area (Å²) in [5.74, 6) is -1.01. The number of carbonyl (C=O) groups excluding carboxylic acids is 1. The van der Waals surface area contributed by atoms with E-state index < -0.39 is 42.6 Å². The van der Waals surface area contributed by atoms with Gasteiger partial charge >= 0.3 is 12.5 Å². The van der Waals surface area contributed by atoms with Crippen LogP contribution in [0.4, 0.5) is 26.3 Å². The van der Waals surface area contributed by atoms with Crippen molar-refractivity contribution in [3.8, 4) is 17.0 Å². The molecule has 0 bridgehead atoms. The first-order valence-electron chi connectivity index (χ1n) is 11.8. The minimum absolute atomic E-state index is 0.0213. The number of nitrogens with one attached hydrogen (secondary N) is 1. The van der Waals surface area contributed by atoms with Gasteiger partial charge in [-0.25, -0.2) is 0 Å². The summed E-state index contributed by atoms with van der Waals surface area (Å²) in [5, 5.41) is 17.2. The van der Waals surface area contributed by atoms with Crippen molar-refractivity contribution in [2.24, 2.45) is 5.92 Å². The molecule has 2 N–H and O–H groups in total. The van der Waals surface area contributed by atoms with E-state index >= 15 is 0 Å². The highest BCUT2D eigenvalue weighted by Crippen LogP contribution is 2.40. The normalized spacial score (nSPS) is 20.6. The van der Waals surface area contributed by atoms with Gasteiger partial charge in [0.15, 0.2) is 5.69 Å². The van der Waals surface area contributed by atoms with E-state index in [4.69, 9.17) is 11.6 Å². The van der Waals surface area contributed by atoms with E-state index in [-0.39, 0.29) is 40.6 Å². The smallest absolute Gasteiger partial charge is 0.405 e. The summed E-state index contributed by atoms with van der Waals surface area (Å²) < 4.78 is 82.6. The first-order valence-corrected chi connectivity index (χ1v) is 12.2. The number of aryl methyl sites for hydroxylation is 2. The van der Waals surface area contributed by atoms with Crippen LogP contribution in [0.3, 0.4) is 0 Å². The number of alkyl halides is 6. The molecule has 1 aliphatic rings. The molecule has 0 radical (unpaired) electrons. The Bertz CT molecular complexity index is 1110. The van der Waals surface area contributed by atoms with Crippen LogP contribution in [0.25, 0.3) is 11.3 Å². The van der Waals surface area contributed by atoms with E-state index in [9.17, 15) is 36.2 Å². The number of carbonyl (C=O) groups is 1. The Morgan fingerprint density at radius 2 is 1.89 bits per heavy atom. The highest BCUT2D eigenvalue weighted by Gasteiger charge is 2.35. The molecule has 0 spiro atoms. The van der Waals surface area contributed by atoms with Gasteiger partial charge in [-0.15, -0.1) is 13.2 Å². The van der Waals surface area contributed by atoms with Crippen LogP contribution in [0.1, 0.15) is 62.0 Å². The monoisotopic (exact) mass is 555 g/mol. The molecule has 1 aliphatic carbocycles. The molecule has 37 heavy (non-hydrogen) atoms. The molecular weight excluding hydrogens is 528 g/mol. The van der Waals surface area contributed by atoms with Crippen molar-refractivity contribution < 1.29 is 41.0 Å². The number of aliphatic hydroxyl groups is 1. The number of amides is 1. The molecule has 0 aliphatic heterocycles. The molecule has 1 aromatic heterocycles. The van der Waals surface area contributed by atoms with Gasteiger partial charge in [-0.1, -0.05) is 24.6 Å². The standard InChI is InChI=1S/C24H28ClF6N3O3/c1-3-34-20(16-5-4-15(8-11-23(26,27)28)12-17(16)37-24(29,30)31)18(25)19(33-34)21(35)32-13-22(36)9-6-14(2)7-10-22/h4-5,12,14,36H,3,6-11,13H2,1-2H3,(H,32,35). The molecule has 206 valence electrons. The molecule has 1 heterocycles. The number of ether oxygens (including phenoxy) is 1. The van der Waals surface area contributed by atoms with Gasteiger partial charge in [-0.05, 0) is 62.6 Å². The van der Waals surface area contributed by atoms with Crippen molar-refractivity contribution in [2.75, 3.05) is 6.54 Å². The fraction of sp³-hybridized carbons (Fsp3) is 0.583. The van der Waals surface area contributed by atoms with E-state index in [1.807, 2.05) is 0 Å². The topological polar surface area (TPSA) is 76.4 Å². The summed E-state index contributed by atoms with van der Waals surface area (Å²) in [6.07, 6.45) is -8.75. The van der Waals surface area contributed by atoms with Gasteiger partial charge in [0.1, 0.15) is 5.75 Å². The van der Waals surface area contributed by atoms with Gasteiger partial charge in [0.2, 0.25) is 0 Å². The quantitative estimate of drug-likeness (QED) is 0.376. The van der Waals surface area contributed by atoms with Crippen molar-refractivity contribution in [1.82, 2.24) is 15.1 Å². The first-order chi connectivity index (χ1) is 17.1. The summed E-state index contributed by atoms with van der Waals surface area (Å²) in [5.41, 5.74) is -1.60. The third-order valence-electron chi connectivity index (χ3n) is 6.42. The van der Waals surface area contributed by atoms with Crippen LogP contribution in [0.15, 0.2) is 18.2 Å². The van der Waals surface area contributed by atoms with Crippen molar-refractivity contribution in [1.29, 1.82) is 0 Å². The summed E-state index contributed by atoms with van der Waals surface area (Å²) in [4.78, 5) is 12.9. The number of hydrogen-bond donors (Lipinski definition) is 2. The molecule has 2 aromatic rings. The lowest BCUT2D eigenvalue weighted by Gasteiger charge is -2.34. The Kier molecular flexibility index (Phi) is 8.73. The molecule has 0 unspecified atom stereocenters. The summed E-state index contributed by atoms with van der Waals surface area (Å²) in [6, 6.07) is 3.28. The Labute approximate surface area is 214 Å². The lowest BCUT2D eigenvalue weighted by atomic mass is 9.79. The van der Waals surface area contributed by atoms with Crippen LogP contribution in [0.2, 0.25) is 5.02 Å². The van der Waals surface area contributed by atoms with E-state index in [1.54, 1.807) is 6.92 Å². The molecule has 1 amide bonds. The van der Waals surface area contributed by atoms with Gasteiger partial charge in [0, 0.05) is 25.1 Å². The van der Waals surface area contributed by atoms with Crippen LogP contribution < -0.4 is 10.1 Å². The molecule has 1 fully saturated rings. The maximum absolute atomic E-state index is 13.2. The Balaban J connectivity index is 1.92. The largest absolute Gasteiger partial charge is 0.573 e. The SMILES string of the molecule is CCn1nc(C(=O)NCC2(O)CCC(C)CC2)c(Cl)c1-c1ccc(CCC(F)(F)F)cc1OC(F)(F)F. The van der Waals surface area contributed by atoms with E-state index in [0.717, 1.165) is 25.0 Å². The fourth-order valence-corrected chi connectivity index (χ4v) is 4.61.